The average Bonchev–Trinajstić information content (AvgIpc) is 2.92. The van der Waals surface area contributed by atoms with E-state index in [-0.39, 0.29) is 27.9 Å². The van der Waals surface area contributed by atoms with E-state index in [2.05, 4.69) is 10.6 Å². The van der Waals surface area contributed by atoms with Crippen molar-refractivity contribution in [3.8, 4) is 11.5 Å². The first-order chi connectivity index (χ1) is 19.4. The monoisotopic (exact) mass is 621 g/mol. The van der Waals surface area contributed by atoms with Crippen molar-refractivity contribution in [3.63, 3.8) is 0 Å². The molecule has 0 fully saturated rings. The summed E-state index contributed by atoms with van der Waals surface area (Å²) in [6.45, 7) is 7.30. The topological polar surface area (TPSA) is 125 Å². The molecule has 0 aliphatic carbocycles. The van der Waals surface area contributed by atoms with Gasteiger partial charge < -0.3 is 20.5 Å². The molecule has 0 aliphatic heterocycles. The van der Waals surface area contributed by atoms with Gasteiger partial charge in [0, 0.05) is 23.2 Å². The van der Waals surface area contributed by atoms with Crippen molar-refractivity contribution in [1.82, 2.24) is 0 Å². The number of rotatable bonds is 12. The van der Waals surface area contributed by atoms with Gasteiger partial charge in [-0.05, 0) is 81.3 Å². The maximum Gasteiger partial charge on any atom is 0.265 e. The largest absolute Gasteiger partial charge is 0.506 e. The number of aromatic hydroxyl groups is 1. The Hall–Kier alpha value is -3.47. The summed E-state index contributed by atoms with van der Waals surface area (Å²) in [5, 5.41) is 16.3. The Balaban J connectivity index is 1.65. The number of anilines is 3. The third-order valence-corrected chi connectivity index (χ3v) is 8.88. The van der Waals surface area contributed by atoms with Crippen molar-refractivity contribution >= 4 is 62.1 Å². The number of carbonyl (C=O) groups excluding carboxylic acids is 2. The number of hydrogen-bond acceptors (Lipinski definition) is 6. The van der Waals surface area contributed by atoms with E-state index >= 15 is 0 Å². The van der Waals surface area contributed by atoms with Crippen LogP contribution in [0.2, 0.25) is 10.0 Å². The fourth-order valence-corrected chi connectivity index (χ4v) is 5.94. The van der Waals surface area contributed by atoms with Gasteiger partial charge in [0.15, 0.2) is 6.10 Å². The number of hydrogen-bond donors (Lipinski definition) is 3. The van der Waals surface area contributed by atoms with Crippen molar-refractivity contribution in [2.24, 2.45) is 0 Å². The molecule has 2 amide bonds. The molecule has 0 heterocycles. The summed E-state index contributed by atoms with van der Waals surface area (Å²) in [6.07, 6.45) is 0.399. The number of amides is 2. The van der Waals surface area contributed by atoms with E-state index in [1.54, 1.807) is 56.3 Å². The van der Waals surface area contributed by atoms with Gasteiger partial charge in [0.25, 0.3) is 11.8 Å². The van der Waals surface area contributed by atoms with Crippen LogP contribution in [0, 0.1) is 6.92 Å². The predicted octanol–water partition coefficient (Wildman–Crippen LogP) is 6.62. The van der Waals surface area contributed by atoms with Crippen molar-refractivity contribution in [2.75, 3.05) is 27.2 Å². The second kappa shape index (κ2) is 13.9. The van der Waals surface area contributed by atoms with E-state index in [1.807, 2.05) is 6.92 Å². The number of nitrogens with zero attached hydrogens (tertiary/aromatic N) is 1. The van der Waals surface area contributed by atoms with Crippen LogP contribution in [0.15, 0.2) is 54.6 Å². The Bertz CT molecular complexity index is 1510. The second-order valence-corrected chi connectivity index (χ2v) is 12.2. The van der Waals surface area contributed by atoms with E-state index in [1.165, 1.54) is 23.4 Å². The molecule has 3 aromatic rings. The fourth-order valence-electron chi connectivity index (χ4n) is 3.90. The summed E-state index contributed by atoms with van der Waals surface area (Å²) >= 11 is 12.3. The number of ether oxygens (including phenoxy) is 1. The summed E-state index contributed by atoms with van der Waals surface area (Å²) in [4.78, 5) is 25.4. The number of nitrogens with one attached hydrogen (secondary N) is 2. The maximum atomic E-state index is 12.8. The smallest absolute Gasteiger partial charge is 0.265 e. The van der Waals surface area contributed by atoms with Gasteiger partial charge in [0.1, 0.15) is 11.5 Å². The molecule has 1 atom stereocenters. The zero-order valence-corrected chi connectivity index (χ0v) is 25.5. The number of halogens is 2. The standard InChI is InChI=1S/C29H33Cl2N3O6S/c1-5-7-14-41(38,39)34(6-2)21-9-11-22(12-10-21)40-19(4)28(36)32-25-17-27(35)26(16-24(25)31)33-29(37)20-8-13-23(30)18(3)15-20/h8-13,15-17,19,35H,5-7,14H2,1-4H3,(H,32,36)(H,33,37). The number of aryl methyl sites for hydroxylation is 1. The molecule has 41 heavy (non-hydrogen) atoms. The number of phenolic OH excluding ortho intramolecular Hbond substituents is 1. The Morgan fingerprint density at radius 3 is 2.27 bits per heavy atom. The van der Waals surface area contributed by atoms with Crippen LogP contribution < -0.4 is 19.7 Å². The van der Waals surface area contributed by atoms with E-state index < -0.39 is 27.9 Å². The minimum Gasteiger partial charge on any atom is -0.506 e. The summed E-state index contributed by atoms with van der Waals surface area (Å²) in [7, 11) is -3.44. The van der Waals surface area contributed by atoms with Gasteiger partial charge in [-0.3, -0.25) is 13.9 Å². The lowest BCUT2D eigenvalue weighted by Gasteiger charge is -2.23. The lowest BCUT2D eigenvalue weighted by Crippen LogP contribution is -2.33. The van der Waals surface area contributed by atoms with Crippen molar-refractivity contribution in [2.45, 2.75) is 46.6 Å². The van der Waals surface area contributed by atoms with E-state index in [0.717, 1.165) is 12.0 Å². The molecule has 0 radical (unpaired) electrons. The van der Waals surface area contributed by atoms with Crippen LogP contribution in [0.3, 0.4) is 0 Å². The molecule has 0 saturated carbocycles. The van der Waals surface area contributed by atoms with Crippen LogP contribution in [0.4, 0.5) is 17.1 Å². The first kappa shape index (κ1) is 32.0. The summed E-state index contributed by atoms with van der Waals surface area (Å²) < 4.78 is 32.4. The number of phenols is 1. The van der Waals surface area contributed by atoms with Crippen LogP contribution in [0.25, 0.3) is 0 Å². The second-order valence-electron chi connectivity index (χ2n) is 9.34. The molecule has 0 spiro atoms. The molecule has 3 rings (SSSR count). The highest BCUT2D eigenvalue weighted by Crippen LogP contribution is 2.34. The molecule has 0 saturated heterocycles. The van der Waals surface area contributed by atoms with Gasteiger partial charge in [-0.2, -0.15) is 0 Å². The Morgan fingerprint density at radius 1 is 0.976 bits per heavy atom. The Labute approximate surface area is 250 Å². The summed E-state index contributed by atoms with van der Waals surface area (Å²) in [6, 6.07) is 13.8. The number of benzene rings is 3. The van der Waals surface area contributed by atoms with Crippen molar-refractivity contribution in [1.29, 1.82) is 0 Å². The minimum atomic E-state index is -3.44. The zero-order chi connectivity index (χ0) is 30.3. The van der Waals surface area contributed by atoms with Gasteiger partial charge in [0.05, 0.1) is 27.8 Å². The molecule has 0 aliphatic rings. The Kier molecular flexibility index (Phi) is 10.9. The van der Waals surface area contributed by atoms with Crippen LogP contribution in [-0.2, 0) is 14.8 Å². The molecule has 0 bridgehead atoms. The van der Waals surface area contributed by atoms with E-state index in [0.29, 0.717) is 35.0 Å². The molecule has 9 nitrogen and oxygen atoms in total. The molecule has 0 aromatic heterocycles. The molecular formula is C29H33Cl2N3O6S. The van der Waals surface area contributed by atoms with Crippen molar-refractivity contribution < 1.29 is 27.9 Å². The maximum absolute atomic E-state index is 12.8. The number of unbranched alkanes of at least 4 members (excludes halogenated alkanes) is 1. The van der Waals surface area contributed by atoms with E-state index in [4.69, 9.17) is 27.9 Å². The molecular weight excluding hydrogens is 589 g/mol. The summed E-state index contributed by atoms with van der Waals surface area (Å²) in [5.41, 5.74) is 1.77. The lowest BCUT2D eigenvalue weighted by atomic mass is 10.1. The predicted molar refractivity (Wildman–Crippen MR) is 164 cm³/mol. The quantitative estimate of drug-likeness (QED) is 0.195. The van der Waals surface area contributed by atoms with Gasteiger partial charge >= 0.3 is 0 Å². The minimum absolute atomic E-state index is 0.0628. The highest BCUT2D eigenvalue weighted by Gasteiger charge is 2.22. The molecule has 3 aromatic carbocycles. The molecule has 3 N–H and O–H groups in total. The molecule has 1 unspecified atom stereocenters. The van der Waals surface area contributed by atoms with Gasteiger partial charge in [-0.1, -0.05) is 36.5 Å². The SMILES string of the molecule is CCCCS(=O)(=O)N(CC)c1ccc(OC(C)C(=O)Nc2cc(O)c(NC(=O)c3ccc(Cl)c(C)c3)cc2Cl)cc1. The van der Waals surface area contributed by atoms with Gasteiger partial charge in [-0.25, -0.2) is 8.42 Å². The van der Waals surface area contributed by atoms with E-state index in [9.17, 15) is 23.1 Å². The summed E-state index contributed by atoms with van der Waals surface area (Å²) in [5.74, 6) is -0.881. The van der Waals surface area contributed by atoms with Crippen LogP contribution >= 0.6 is 23.2 Å². The molecule has 220 valence electrons. The number of carbonyl (C=O) groups is 2. The highest BCUT2D eigenvalue weighted by atomic mass is 35.5. The van der Waals surface area contributed by atoms with Gasteiger partial charge in [0.2, 0.25) is 10.0 Å². The fraction of sp³-hybridized carbons (Fsp3) is 0.310. The van der Waals surface area contributed by atoms with Crippen LogP contribution in [0.1, 0.15) is 49.5 Å². The number of sulfonamides is 1. The van der Waals surface area contributed by atoms with Gasteiger partial charge in [-0.15, -0.1) is 0 Å². The Morgan fingerprint density at radius 2 is 1.66 bits per heavy atom. The third-order valence-electron chi connectivity index (χ3n) is 6.20. The lowest BCUT2D eigenvalue weighted by molar-refractivity contribution is -0.122. The zero-order valence-electron chi connectivity index (χ0n) is 23.2. The highest BCUT2D eigenvalue weighted by molar-refractivity contribution is 7.92. The van der Waals surface area contributed by atoms with Crippen LogP contribution in [0.5, 0.6) is 11.5 Å². The first-order valence-electron chi connectivity index (χ1n) is 13.0. The average molecular weight is 623 g/mol. The van der Waals surface area contributed by atoms with Crippen LogP contribution in [-0.4, -0.2) is 43.7 Å². The third kappa shape index (κ3) is 8.28. The van der Waals surface area contributed by atoms with Crippen molar-refractivity contribution in [3.05, 3.63) is 75.8 Å². The first-order valence-corrected chi connectivity index (χ1v) is 15.4. The molecule has 12 heteroatoms. The normalized spacial score (nSPS) is 12.0.